The molecule has 0 saturated heterocycles. The standard InChI is InChI=1S/C11H9FINO2/c1-2-16-11(15)10-4-6-3-8(13)7(12)5-9(6)14-10/h3-5,14H,2H2,1H3. The Morgan fingerprint density at radius 2 is 2.25 bits per heavy atom. The molecule has 1 heterocycles. The van der Waals surface area contributed by atoms with Crippen LogP contribution in [0, 0.1) is 9.39 Å². The fourth-order valence-corrected chi connectivity index (χ4v) is 1.94. The van der Waals surface area contributed by atoms with Gasteiger partial charge >= 0.3 is 5.97 Å². The normalized spacial score (nSPS) is 10.7. The molecule has 1 aromatic carbocycles. The number of carbonyl (C=O) groups excluding carboxylic acids is 1. The summed E-state index contributed by atoms with van der Waals surface area (Å²) in [5.41, 5.74) is 0.944. The number of aromatic amines is 1. The zero-order chi connectivity index (χ0) is 11.7. The summed E-state index contributed by atoms with van der Waals surface area (Å²) >= 11 is 1.91. The fourth-order valence-electron chi connectivity index (χ4n) is 1.45. The number of aromatic nitrogens is 1. The maximum atomic E-state index is 13.3. The third-order valence-corrected chi connectivity index (χ3v) is 2.98. The lowest BCUT2D eigenvalue weighted by molar-refractivity contribution is 0.0520. The largest absolute Gasteiger partial charge is 0.461 e. The van der Waals surface area contributed by atoms with Crippen molar-refractivity contribution < 1.29 is 13.9 Å². The predicted octanol–water partition coefficient (Wildman–Crippen LogP) is 3.09. The predicted molar refractivity (Wildman–Crippen MR) is 66.9 cm³/mol. The lowest BCUT2D eigenvalue weighted by atomic mass is 10.2. The van der Waals surface area contributed by atoms with E-state index >= 15 is 0 Å². The molecule has 3 nitrogen and oxygen atoms in total. The monoisotopic (exact) mass is 333 g/mol. The van der Waals surface area contributed by atoms with E-state index in [2.05, 4.69) is 4.98 Å². The van der Waals surface area contributed by atoms with Crippen LogP contribution in [0.3, 0.4) is 0 Å². The van der Waals surface area contributed by atoms with Crippen LogP contribution in [-0.4, -0.2) is 17.6 Å². The van der Waals surface area contributed by atoms with Gasteiger partial charge in [0.15, 0.2) is 0 Å². The molecule has 5 heteroatoms. The number of rotatable bonds is 2. The average Bonchev–Trinajstić information content (AvgIpc) is 2.62. The fraction of sp³-hybridized carbons (Fsp3) is 0.182. The number of halogens is 2. The number of esters is 1. The molecule has 0 fully saturated rings. The minimum absolute atomic E-state index is 0.301. The third-order valence-electron chi connectivity index (χ3n) is 2.16. The molecule has 84 valence electrons. The van der Waals surface area contributed by atoms with Crippen LogP contribution in [0.1, 0.15) is 17.4 Å². The van der Waals surface area contributed by atoms with Gasteiger partial charge in [0.2, 0.25) is 0 Å². The third kappa shape index (κ3) is 2.04. The zero-order valence-electron chi connectivity index (χ0n) is 8.51. The molecule has 1 aromatic heterocycles. The summed E-state index contributed by atoms with van der Waals surface area (Å²) in [6.07, 6.45) is 0. The molecule has 0 unspecified atom stereocenters. The van der Waals surface area contributed by atoms with Crippen molar-refractivity contribution in [1.29, 1.82) is 0 Å². The summed E-state index contributed by atoms with van der Waals surface area (Å²) in [6.45, 7) is 2.06. The topological polar surface area (TPSA) is 42.1 Å². The van der Waals surface area contributed by atoms with Gasteiger partial charge in [-0.2, -0.15) is 0 Å². The number of ether oxygens (including phenoxy) is 1. The molecule has 0 saturated carbocycles. The van der Waals surface area contributed by atoms with Crippen LogP contribution >= 0.6 is 22.6 Å². The smallest absolute Gasteiger partial charge is 0.354 e. The second-order valence-corrected chi connectivity index (χ2v) is 4.42. The van der Waals surface area contributed by atoms with Gasteiger partial charge < -0.3 is 9.72 Å². The van der Waals surface area contributed by atoms with Crippen molar-refractivity contribution in [2.75, 3.05) is 6.61 Å². The zero-order valence-corrected chi connectivity index (χ0v) is 10.7. The number of benzene rings is 1. The van der Waals surface area contributed by atoms with Gasteiger partial charge in [-0.25, -0.2) is 9.18 Å². The van der Waals surface area contributed by atoms with Crippen LogP contribution in [0.15, 0.2) is 18.2 Å². The summed E-state index contributed by atoms with van der Waals surface area (Å²) in [6, 6.07) is 4.72. The van der Waals surface area contributed by atoms with Crippen molar-refractivity contribution in [3.05, 3.63) is 33.3 Å². The number of hydrogen-bond donors (Lipinski definition) is 1. The maximum absolute atomic E-state index is 13.3. The van der Waals surface area contributed by atoms with Gasteiger partial charge in [-0.15, -0.1) is 0 Å². The van der Waals surface area contributed by atoms with Crippen molar-refractivity contribution >= 4 is 39.5 Å². The van der Waals surface area contributed by atoms with Crippen molar-refractivity contribution in [2.45, 2.75) is 6.92 Å². The summed E-state index contributed by atoms with van der Waals surface area (Å²) in [5, 5.41) is 0.800. The second kappa shape index (κ2) is 4.40. The Morgan fingerprint density at radius 3 is 2.94 bits per heavy atom. The summed E-state index contributed by atoms with van der Waals surface area (Å²) in [7, 11) is 0. The molecular weight excluding hydrogens is 324 g/mol. The molecule has 0 radical (unpaired) electrons. The Labute approximate surface area is 105 Å². The number of H-pyrrole nitrogens is 1. The molecule has 2 aromatic rings. The van der Waals surface area contributed by atoms with Crippen LogP contribution in [0.4, 0.5) is 4.39 Å². The highest BCUT2D eigenvalue weighted by atomic mass is 127. The van der Waals surface area contributed by atoms with Crippen LogP contribution in [-0.2, 0) is 4.74 Å². The first-order valence-electron chi connectivity index (χ1n) is 4.76. The van der Waals surface area contributed by atoms with Gasteiger partial charge in [0.25, 0.3) is 0 Å². The van der Waals surface area contributed by atoms with E-state index in [9.17, 15) is 9.18 Å². The first-order valence-corrected chi connectivity index (χ1v) is 5.84. The lowest BCUT2D eigenvalue weighted by Crippen LogP contribution is -2.04. The highest BCUT2D eigenvalue weighted by molar-refractivity contribution is 14.1. The average molecular weight is 333 g/mol. The summed E-state index contributed by atoms with van der Waals surface area (Å²) in [5.74, 6) is -0.723. The van der Waals surface area contributed by atoms with E-state index in [-0.39, 0.29) is 5.82 Å². The van der Waals surface area contributed by atoms with Gasteiger partial charge in [0.1, 0.15) is 11.5 Å². The van der Waals surface area contributed by atoms with Crippen LogP contribution in [0.2, 0.25) is 0 Å². The van der Waals surface area contributed by atoms with Crippen LogP contribution in [0.5, 0.6) is 0 Å². The Kier molecular flexibility index (Phi) is 3.13. The Balaban J connectivity index is 2.48. The Bertz CT molecular complexity index is 511. The van der Waals surface area contributed by atoms with Gasteiger partial charge in [0, 0.05) is 14.5 Å². The molecule has 1 N–H and O–H groups in total. The molecule has 0 atom stereocenters. The highest BCUT2D eigenvalue weighted by Gasteiger charge is 2.11. The van der Waals surface area contributed by atoms with E-state index in [1.54, 1.807) is 19.1 Å². The lowest BCUT2D eigenvalue weighted by Gasteiger charge is -1.96. The van der Waals surface area contributed by atoms with Crippen molar-refractivity contribution in [3.8, 4) is 0 Å². The van der Waals surface area contributed by atoms with Crippen molar-refractivity contribution in [2.24, 2.45) is 0 Å². The number of hydrogen-bond acceptors (Lipinski definition) is 2. The van der Waals surface area contributed by atoms with Gasteiger partial charge in [0.05, 0.1) is 6.61 Å². The van der Waals surface area contributed by atoms with Crippen LogP contribution < -0.4 is 0 Å². The van der Waals surface area contributed by atoms with E-state index in [0.29, 0.717) is 21.4 Å². The molecule has 0 bridgehead atoms. The van der Waals surface area contributed by atoms with Gasteiger partial charge in [-0.05, 0) is 47.7 Å². The molecule has 0 amide bonds. The number of fused-ring (bicyclic) bond motifs is 1. The molecule has 0 spiro atoms. The van der Waals surface area contributed by atoms with Gasteiger partial charge in [-0.1, -0.05) is 0 Å². The first-order chi connectivity index (χ1) is 7.61. The maximum Gasteiger partial charge on any atom is 0.354 e. The van der Waals surface area contributed by atoms with Gasteiger partial charge in [-0.3, -0.25) is 0 Å². The molecule has 16 heavy (non-hydrogen) atoms. The Morgan fingerprint density at radius 1 is 1.50 bits per heavy atom. The first kappa shape index (κ1) is 11.4. The molecule has 0 aliphatic carbocycles. The summed E-state index contributed by atoms with van der Waals surface area (Å²) in [4.78, 5) is 14.3. The number of carbonyl (C=O) groups is 1. The molecular formula is C11H9FINO2. The minimum atomic E-state index is -0.422. The van der Waals surface area contributed by atoms with E-state index in [1.165, 1.54) is 6.07 Å². The molecule has 2 rings (SSSR count). The quantitative estimate of drug-likeness (QED) is 0.678. The van der Waals surface area contributed by atoms with Crippen molar-refractivity contribution in [1.82, 2.24) is 4.98 Å². The van der Waals surface area contributed by atoms with E-state index in [1.807, 2.05) is 22.6 Å². The summed E-state index contributed by atoms with van der Waals surface area (Å²) < 4.78 is 18.6. The Hall–Kier alpha value is -1.11. The minimum Gasteiger partial charge on any atom is -0.461 e. The van der Waals surface area contributed by atoms with Crippen molar-refractivity contribution in [3.63, 3.8) is 0 Å². The molecule has 0 aliphatic heterocycles. The number of nitrogens with one attached hydrogen (secondary N) is 1. The SMILES string of the molecule is CCOC(=O)c1cc2cc(I)c(F)cc2[nH]1. The van der Waals surface area contributed by atoms with E-state index < -0.39 is 5.97 Å². The second-order valence-electron chi connectivity index (χ2n) is 3.26. The van der Waals surface area contributed by atoms with E-state index in [0.717, 1.165) is 5.39 Å². The molecule has 0 aliphatic rings. The highest BCUT2D eigenvalue weighted by Crippen LogP contribution is 2.21. The van der Waals surface area contributed by atoms with Crippen LogP contribution in [0.25, 0.3) is 10.9 Å². The van der Waals surface area contributed by atoms with E-state index in [4.69, 9.17) is 4.74 Å².